The fraction of sp³-hybridized carbons (Fsp3) is 0.417. The lowest BCUT2D eigenvalue weighted by atomic mass is 10.0. The Morgan fingerprint density at radius 3 is 2.79 bits per heavy atom. The summed E-state index contributed by atoms with van der Waals surface area (Å²) in [7, 11) is 0. The summed E-state index contributed by atoms with van der Waals surface area (Å²) in [6.45, 7) is 3.96. The molecule has 0 aliphatic rings. The van der Waals surface area contributed by atoms with Crippen LogP contribution in [0.25, 0.3) is 11.5 Å². The second-order valence-corrected chi connectivity index (χ2v) is 5.14. The molecule has 2 atom stereocenters. The Morgan fingerprint density at radius 2 is 2.16 bits per heavy atom. The van der Waals surface area contributed by atoms with E-state index in [0.717, 1.165) is 6.42 Å². The van der Waals surface area contributed by atoms with E-state index in [1.54, 1.807) is 6.07 Å². The van der Waals surface area contributed by atoms with Gasteiger partial charge in [0.1, 0.15) is 5.69 Å². The smallest absolute Gasteiger partial charge is 0.231 e. The van der Waals surface area contributed by atoms with Crippen LogP contribution in [-0.4, -0.2) is 21.2 Å². The zero-order valence-corrected chi connectivity index (χ0v) is 12.1. The first-order valence-corrected chi connectivity index (χ1v) is 6.69. The normalized spacial score (nSPS) is 14.4. The summed E-state index contributed by atoms with van der Waals surface area (Å²) < 4.78 is 5.22. The molecule has 19 heavy (non-hydrogen) atoms. The van der Waals surface area contributed by atoms with Gasteiger partial charge in [-0.2, -0.15) is 4.98 Å². The Hall–Kier alpha value is -1.17. The molecular formula is C12H14Cl2N4O. The molecule has 7 heteroatoms. The molecule has 5 nitrogen and oxygen atoms in total. The number of rotatable bonds is 4. The number of aromatic nitrogens is 3. The van der Waals surface area contributed by atoms with Crippen LogP contribution < -0.4 is 5.73 Å². The highest BCUT2D eigenvalue weighted by molar-refractivity contribution is 6.35. The molecule has 0 aliphatic carbocycles. The van der Waals surface area contributed by atoms with Crippen LogP contribution in [0.15, 0.2) is 16.8 Å². The number of nitrogens with zero attached hydrogens (tertiary/aromatic N) is 3. The molecule has 0 saturated carbocycles. The molecule has 0 bridgehead atoms. The lowest BCUT2D eigenvalue weighted by Gasteiger charge is -2.13. The third-order valence-electron chi connectivity index (χ3n) is 2.96. The molecule has 2 rings (SSSR count). The fourth-order valence-electron chi connectivity index (χ4n) is 1.63. The Morgan fingerprint density at radius 1 is 1.42 bits per heavy atom. The lowest BCUT2D eigenvalue weighted by Crippen LogP contribution is -2.25. The minimum atomic E-state index is -0.0260. The van der Waals surface area contributed by atoms with Crippen molar-refractivity contribution in [3.05, 3.63) is 28.2 Å². The second-order valence-electron chi connectivity index (χ2n) is 4.30. The van der Waals surface area contributed by atoms with Gasteiger partial charge in [0.2, 0.25) is 11.7 Å². The summed E-state index contributed by atoms with van der Waals surface area (Å²) in [6, 6.07) is 1.56. The zero-order valence-electron chi connectivity index (χ0n) is 10.6. The van der Waals surface area contributed by atoms with E-state index in [1.165, 1.54) is 6.20 Å². The van der Waals surface area contributed by atoms with Gasteiger partial charge in [0.05, 0.1) is 16.0 Å². The predicted octanol–water partition coefficient (Wildman–Crippen LogP) is 3.28. The lowest BCUT2D eigenvalue weighted by molar-refractivity contribution is 0.340. The van der Waals surface area contributed by atoms with E-state index in [4.69, 9.17) is 33.5 Å². The van der Waals surface area contributed by atoms with E-state index >= 15 is 0 Å². The number of halogens is 2. The molecule has 0 saturated heterocycles. The third-order valence-corrected chi connectivity index (χ3v) is 3.46. The van der Waals surface area contributed by atoms with Gasteiger partial charge in [-0.3, -0.25) is 0 Å². The number of hydrogen-bond acceptors (Lipinski definition) is 5. The first-order valence-electron chi connectivity index (χ1n) is 5.93. The molecule has 2 aromatic rings. The van der Waals surface area contributed by atoms with E-state index in [-0.39, 0.29) is 12.0 Å². The predicted molar refractivity (Wildman–Crippen MR) is 74.2 cm³/mol. The van der Waals surface area contributed by atoms with Crippen molar-refractivity contribution in [1.29, 1.82) is 0 Å². The van der Waals surface area contributed by atoms with Gasteiger partial charge >= 0.3 is 0 Å². The van der Waals surface area contributed by atoms with Gasteiger partial charge in [0, 0.05) is 12.2 Å². The summed E-state index contributed by atoms with van der Waals surface area (Å²) in [6.07, 6.45) is 2.32. The van der Waals surface area contributed by atoms with Gasteiger partial charge in [-0.05, 0) is 12.5 Å². The number of nitrogens with two attached hydrogens (primary N) is 1. The monoisotopic (exact) mass is 300 g/mol. The molecule has 0 fully saturated rings. The molecule has 0 amide bonds. The summed E-state index contributed by atoms with van der Waals surface area (Å²) >= 11 is 11.8. The average molecular weight is 301 g/mol. The van der Waals surface area contributed by atoms with E-state index in [2.05, 4.69) is 15.1 Å². The summed E-state index contributed by atoms with van der Waals surface area (Å²) in [5.74, 6) is 0.807. The van der Waals surface area contributed by atoms with Crippen molar-refractivity contribution >= 4 is 23.2 Å². The van der Waals surface area contributed by atoms with Crippen LogP contribution in [0.1, 0.15) is 32.1 Å². The highest BCUT2D eigenvalue weighted by atomic mass is 35.5. The molecule has 2 N–H and O–H groups in total. The van der Waals surface area contributed by atoms with E-state index in [9.17, 15) is 0 Å². The van der Waals surface area contributed by atoms with Crippen molar-refractivity contribution in [3.63, 3.8) is 0 Å². The highest BCUT2D eigenvalue weighted by Gasteiger charge is 2.21. The van der Waals surface area contributed by atoms with Crippen LogP contribution in [0.4, 0.5) is 0 Å². The zero-order chi connectivity index (χ0) is 14.0. The van der Waals surface area contributed by atoms with Crippen LogP contribution >= 0.6 is 23.2 Å². The van der Waals surface area contributed by atoms with Crippen molar-refractivity contribution in [2.75, 3.05) is 0 Å². The standard InChI is InChI=1S/C12H14Cl2N4O/c1-3-9(15)6(2)12-17-11(18-19-12)10-8(14)4-7(13)5-16-10/h4-6,9H,3,15H2,1-2H3. The van der Waals surface area contributed by atoms with Gasteiger partial charge in [0.15, 0.2) is 0 Å². The van der Waals surface area contributed by atoms with Crippen LogP contribution in [0.3, 0.4) is 0 Å². The Balaban J connectivity index is 2.30. The van der Waals surface area contributed by atoms with E-state index in [1.807, 2.05) is 13.8 Å². The molecule has 0 spiro atoms. The topological polar surface area (TPSA) is 77.8 Å². The molecule has 0 aliphatic heterocycles. The van der Waals surface area contributed by atoms with Crippen molar-refractivity contribution in [2.24, 2.45) is 5.73 Å². The van der Waals surface area contributed by atoms with Gasteiger partial charge in [-0.1, -0.05) is 42.2 Å². The van der Waals surface area contributed by atoms with Crippen LogP contribution in [0.5, 0.6) is 0 Å². The maximum absolute atomic E-state index is 6.05. The molecule has 2 aromatic heterocycles. The summed E-state index contributed by atoms with van der Waals surface area (Å²) in [5.41, 5.74) is 6.40. The highest BCUT2D eigenvalue weighted by Crippen LogP contribution is 2.27. The van der Waals surface area contributed by atoms with Gasteiger partial charge in [0.25, 0.3) is 0 Å². The Bertz CT molecular complexity index is 573. The quantitative estimate of drug-likeness (QED) is 0.937. The van der Waals surface area contributed by atoms with Gasteiger partial charge in [-0.15, -0.1) is 0 Å². The van der Waals surface area contributed by atoms with Crippen LogP contribution in [0, 0.1) is 0 Å². The first kappa shape index (κ1) is 14.2. The largest absolute Gasteiger partial charge is 0.339 e. The fourth-order valence-corrected chi connectivity index (χ4v) is 2.10. The number of hydrogen-bond donors (Lipinski definition) is 1. The maximum atomic E-state index is 6.05. The van der Waals surface area contributed by atoms with Crippen molar-refractivity contribution < 1.29 is 4.52 Å². The maximum Gasteiger partial charge on any atom is 0.231 e. The van der Waals surface area contributed by atoms with Gasteiger partial charge in [-0.25, -0.2) is 4.98 Å². The molecule has 0 aromatic carbocycles. The van der Waals surface area contributed by atoms with E-state index < -0.39 is 0 Å². The average Bonchev–Trinajstić information content (AvgIpc) is 2.86. The van der Waals surface area contributed by atoms with Crippen LogP contribution in [-0.2, 0) is 0 Å². The summed E-state index contributed by atoms with van der Waals surface area (Å²) in [4.78, 5) is 8.40. The molecule has 0 radical (unpaired) electrons. The summed E-state index contributed by atoms with van der Waals surface area (Å²) in [5, 5.41) is 4.72. The SMILES string of the molecule is CCC(N)C(C)c1nc(-c2ncc(Cl)cc2Cl)no1. The van der Waals surface area contributed by atoms with Crippen molar-refractivity contribution in [2.45, 2.75) is 32.2 Å². The minimum Gasteiger partial charge on any atom is -0.339 e. The first-order chi connectivity index (χ1) is 9.02. The Kier molecular flexibility index (Phi) is 4.39. The molecular weight excluding hydrogens is 287 g/mol. The van der Waals surface area contributed by atoms with Crippen LogP contribution in [0.2, 0.25) is 10.0 Å². The van der Waals surface area contributed by atoms with Crippen molar-refractivity contribution in [1.82, 2.24) is 15.1 Å². The molecule has 2 heterocycles. The molecule has 102 valence electrons. The number of pyridine rings is 1. The molecule has 2 unspecified atom stereocenters. The minimum absolute atomic E-state index is 0.0164. The van der Waals surface area contributed by atoms with Gasteiger partial charge < -0.3 is 10.3 Å². The second kappa shape index (κ2) is 5.86. The third kappa shape index (κ3) is 3.05. The van der Waals surface area contributed by atoms with Crippen molar-refractivity contribution in [3.8, 4) is 11.5 Å². The van der Waals surface area contributed by atoms with E-state index in [0.29, 0.717) is 27.5 Å². The Labute approximate surface area is 121 Å².